The van der Waals surface area contributed by atoms with E-state index in [9.17, 15) is 9.59 Å². The summed E-state index contributed by atoms with van der Waals surface area (Å²) in [6, 6.07) is 9.83. The van der Waals surface area contributed by atoms with E-state index in [1.165, 1.54) is 4.57 Å². The van der Waals surface area contributed by atoms with Crippen LogP contribution >= 0.6 is 15.9 Å². The van der Waals surface area contributed by atoms with E-state index < -0.39 is 0 Å². The van der Waals surface area contributed by atoms with Gasteiger partial charge in [0, 0.05) is 12.2 Å². The van der Waals surface area contributed by atoms with E-state index in [0.29, 0.717) is 16.7 Å². The van der Waals surface area contributed by atoms with E-state index in [1.54, 1.807) is 6.92 Å². The van der Waals surface area contributed by atoms with Gasteiger partial charge in [-0.3, -0.25) is 9.36 Å². The minimum atomic E-state index is -0.367. The van der Waals surface area contributed by atoms with E-state index in [-0.39, 0.29) is 17.2 Å². The molecule has 19 heavy (non-hydrogen) atoms. The highest BCUT2D eigenvalue weighted by Crippen LogP contribution is 2.15. The average molecular weight is 323 g/mol. The molecule has 2 rings (SSSR count). The van der Waals surface area contributed by atoms with Crippen molar-refractivity contribution in [2.45, 2.75) is 26.3 Å². The zero-order chi connectivity index (χ0) is 14.0. The summed E-state index contributed by atoms with van der Waals surface area (Å²) in [5.41, 5.74) is 1.00. The lowest BCUT2D eigenvalue weighted by molar-refractivity contribution is 0.549. The Labute approximate surface area is 119 Å². The van der Waals surface area contributed by atoms with Crippen LogP contribution in [0.5, 0.6) is 0 Å². The Morgan fingerprint density at radius 2 is 1.89 bits per heavy atom. The molecule has 0 radical (unpaired) electrons. The van der Waals surface area contributed by atoms with Gasteiger partial charge in [0.05, 0.1) is 0 Å². The summed E-state index contributed by atoms with van der Waals surface area (Å²) in [5.74, 6) is 0.0922. The molecule has 100 valence electrons. The van der Waals surface area contributed by atoms with Gasteiger partial charge in [-0.1, -0.05) is 37.3 Å². The third-order valence-electron chi connectivity index (χ3n) is 3.13. The fraction of sp³-hybridized carbons (Fsp3) is 0.286. The number of nitrogens with zero attached hydrogens (tertiary/aromatic N) is 1. The Balaban J connectivity index is 2.38. The molecule has 1 heterocycles. The van der Waals surface area contributed by atoms with E-state index in [2.05, 4.69) is 20.9 Å². The van der Waals surface area contributed by atoms with Gasteiger partial charge in [-0.05, 0) is 34.3 Å². The van der Waals surface area contributed by atoms with E-state index in [1.807, 2.05) is 37.3 Å². The maximum Gasteiger partial charge on any atom is 0.328 e. The number of aromatic amines is 1. The van der Waals surface area contributed by atoms with Crippen LogP contribution in [0.15, 0.2) is 44.4 Å². The lowest BCUT2D eigenvalue weighted by Gasteiger charge is -2.13. The van der Waals surface area contributed by atoms with E-state index in [0.717, 1.165) is 5.56 Å². The molecule has 5 heteroatoms. The molecule has 0 saturated carbocycles. The predicted molar refractivity (Wildman–Crippen MR) is 78.6 cm³/mol. The van der Waals surface area contributed by atoms with Crippen molar-refractivity contribution in [3.8, 4) is 0 Å². The summed E-state index contributed by atoms with van der Waals surface area (Å²) in [4.78, 5) is 26.6. The quantitative estimate of drug-likeness (QED) is 0.943. The van der Waals surface area contributed by atoms with Crippen molar-refractivity contribution in [3.05, 3.63) is 66.9 Å². The summed E-state index contributed by atoms with van der Waals surface area (Å²) in [6.07, 6.45) is 0. The first-order valence-corrected chi connectivity index (χ1v) is 6.84. The highest BCUT2D eigenvalue weighted by molar-refractivity contribution is 9.10. The summed E-state index contributed by atoms with van der Waals surface area (Å²) in [6.45, 7) is 4.05. The fourth-order valence-corrected chi connectivity index (χ4v) is 2.29. The first kappa shape index (κ1) is 13.8. The normalized spacial score (nSPS) is 12.4. The summed E-state index contributed by atoms with van der Waals surface area (Å²) in [7, 11) is 0. The van der Waals surface area contributed by atoms with Gasteiger partial charge in [-0.2, -0.15) is 0 Å². The molecular formula is C14H15BrN2O2. The molecule has 0 spiro atoms. The standard InChI is InChI=1S/C14H15BrN2O2/c1-9(11-6-4-3-5-7-11)8-17-13(18)12(15)10(2)16-14(17)19/h3-7,9H,8H2,1-2H3,(H,16,19)/t9-/m0/s1. The fourth-order valence-electron chi connectivity index (χ4n) is 1.98. The van der Waals surface area contributed by atoms with Gasteiger partial charge in [-0.25, -0.2) is 4.79 Å². The molecule has 0 bridgehead atoms. The topological polar surface area (TPSA) is 54.9 Å². The van der Waals surface area contributed by atoms with Gasteiger partial charge in [0.25, 0.3) is 5.56 Å². The summed E-state index contributed by atoms with van der Waals surface area (Å²) in [5, 5.41) is 0. The molecular weight excluding hydrogens is 308 g/mol. The van der Waals surface area contributed by atoms with Crippen LogP contribution in [-0.4, -0.2) is 9.55 Å². The third-order valence-corrected chi connectivity index (χ3v) is 4.06. The second kappa shape index (κ2) is 5.57. The van der Waals surface area contributed by atoms with Gasteiger partial charge in [0.15, 0.2) is 0 Å². The Morgan fingerprint density at radius 3 is 2.53 bits per heavy atom. The minimum absolute atomic E-state index is 0.0922. The van der Waals surface area contributed by atoms with Crippen molar-refractivity contribution in [2.24, 2.45) is 0 Å². The smallest absolute Gasteiger partial charge is 0.310 e. The van der Waals surface area contributed by atoms with Crippen LogP contribution in [0.2, 0.25) is 0 Å². The van der Waals surface area contributed by atoms with E-state index >= 15 is 0 Å². The van der Waals surface area contributed by atoms with Gasteiger partial charge < -0.3 is 4.98 Å². The minimum Gasteiger partial charge on any atom is -0.310 e. The number of rotatable bonds is 3. The maximum atomic E-state index is 12.1. The molecule has 1 atom stereocenters. The van der Waals surface area contributed by atoms with Gasteiger partial charge in [0.2, 0.25) is 0 Å². The average Bonchev–Trinajstić information content (AvgIpc) is 2.42. The van der Waals surface area contributed by atoms with Crippen molar-refractivity contribution >= 4 is 15.9 Å². The predicted octanol–water partition coefficient (Wildman–Crippen LogP) is 2.41. The lowest BCUT2D eigenvalue weighted by atomic mass is 10.0. The Morgan fingerprint density at radius 1 is 1.26 bits per heavy atom. The van der Waals surface area contributed by atoms with Gasteiger partial charge >= 0.3 is 5.69 Å². The molecule has 0 aliphatic carbocycles. The summed E-state index contributed by atoms with van der Waals surface area (Å²) < 4.78 is 1.64. The van der Waals surface area contributed by atoms with Crippen LogP contribution < -0.4 is 11.2 Å². The number of aromatic nitrogens is 2. The molecule has 0 saturated heterocycles. The monoisotopic (exact) mass is 322 g/mol. The number of benzene rings is 1. The number of halogens is 1. The van der Waals surface area contributed by atoms with Crippen LogP contribution in [0.25, 0.3) is 0 Å². The van der Waals surface area contributed by atoms with Crippen molar-refractivity contribution < 1.29 is 0 Å². The third kappa shape index (κ3) is 2.87. The first-order valence-electron chi connectivity index (χ1n) is 6.05. The van der Waals surface area contributed by atoms with Crippen LogP contribution in [0.3, 0.4) is 0 Å². The molecule has 0 aliphatic heterocycles. The SMILES string of the molecule is Cc1[nH]c(=O)n(C[C@H](C)c2ccccc2)c(=O)c1Br. The molecule has 4 nitrogen and oxygen atoms in total. The highest BCUT2D eigenvalue weighted by atomic mass is 79.9. The molecule has 0 fully saturated rings. The Hall–Kier alpha value is -1.62. The van der Waals surface area contributed by atoms with Crippen LogP contribution in [-0.2, 0) is 6.54 Å². The van der Waals surface area contributed by atoms with E-state index in [4.69, 9.17) is 0 Å². The molecule has 1 aromatic heterocycles. The van der Waals surface area contributed by atoms with Crippen LogP contribution in [0.4, 0.5) is 0 Å². The molecule has 0 aliphatic rings. The van der Waals surface area contributed by atoms with Crippen molar-refractivity contribution in [1.82, 2.24) is 9.55 Å². The number of hydrogen-bond donors (Lipinski definition) is 1. The first-order chi connectivity index (χ1) is 9.00. The van der Waals surface area contributed by atoms with Crippen molar-refractivity contribution in [1.29, 1.82) is 0 Å². The van der Waals surface area contributed by atoms with Crippen molar-refractivity contribution in [3.63, 3.8) is 0 Å². The summed E-state index contributed by atoms with van der Waals surface area (Å²) >= 11 is 3.21. The van der Waals surface area contributed by atoms with Crippen LogP contribution in [0, 0.1) is 6.92 Å². The largest absolute Gasteiger partial charge is 0.328 e. The number of nitrogens with one attached hydrogen (secondary N) is 1. The van der Waals surface area contributed by atoms with Gasteiger partial charge in [0.1, 0.15) is 4.47 Å². The zero-order valence-corrected chi connectivity index (χ0v) is 12.4. The Bertz CT molecular complexity index is 689. The molecule has 2 aromatic rings. The molecule has 0 unspecified atom stereocenters. The number of hydrogen-bond acceptors (Lipinski definition) is 2. The number of H-pyrrole nitrogens is 1. The zero-order valence-electron chi connectivity index (χ0n) is 10.8. The van der Waals surface area contributed by atoms with Crippen LogP contribution in [0.1, 0.15) is 24.1 Å². The maximum absolute atomic E-state index is 12.1. The highest BCUT2D eigenvalue weighted by Gasteiger charge is 2.12. The Kier molecular flexibility index (Phi) is 4.04. The van der Waals surface area contributed by atoms with Crippen molar-refractivity contribution in [2.75, 3.05) is 0 Å². The molecule has 1 N–H and O–H groups in total. The second-order valence-corrected chi connectivity index (χ2v) is 5.39. The molecule has 0 amide bonds. The number of aryl methyl sites for hydroxylation is 1. The second-order valence-electron chi connectivity index (χ2n) is 4.60. The molecule has 1 aromatic carbocycles. The van der Waals surface area contributed by atoms with Gasteiger partial charge in [-0.15, -0.1) is 0 Å². The lowest BCUT2D eigenvalue weighted by Crippen LogP contribution is -2.37.